The van der Waals surface area contributed by atoms with E-state index >= 15 is 0 Å². The minimum absolute atomic E-state index is 0.334. The zero-order valence-corrected chi connectivity index (χ0v) is 6.39. The van der Waals surface area contributed by atoms with Crippen molar-refractivity contribution >= 4 is 11.9 Å². The summed E-state index contributed by atoms with van der Waals surface area (Å²) in [5.41, 5.74) is 0.913. The van der Waals surface area contributed by atoms with E-state index in [-0.39, 0.29) is 0 Å². The van der Waals surface area contributed by atoms with Gasteiger partial charge in [-0.3, -0.25) is 4.79 Å². The molecule has 0 bridgehead atoms. The average molecular weight is 157 g/mol. The SMILES string of the molecule is C=C(C)CCNC(=O)C(=O)O. The van der Waals surface area contributed by atoms with Crippen LogP contribution in [0.5, 0.6) is 0 Å². The van der Waals surface area contributed by atoms with Crippen molar-refractivity contribution in [2.75, 3.05) is 6.54 Å². The first-order chi connectivity index (χ1) is 5.04. The lowest BCUT2D eigenvalue weighted by Crippen LogP contribution is -2.31. The van der Waals surface area contributed by atoms with Crippen LogP contribution < -0.4 is 5.32 Å². The first kappa shape index (κ1) is 9.68. The molecule has 1 amide bonds. The second-order valence-electron chi connectivity index (χ2n) is 2.27. The molecule has 0 saturated carbocycles. The number of aliphatic carboxylic acids is 1. The van der Waals surface area contributed by atoms with Gasteiger partial charge in [-0.25, -0.2) is 4.79 Å². The Labute approximate surface area is 64.9 Å². The van der Waals surface area contributed by atoms with Gasteiger partial charge in [0.25, 0.3) is 0 Å². The molecule has 0 radical (unpaired) electrons. The van der Waals surface area contributed by atoms with Gasteiger partial charge in [-0.15, -0.1) is 6.58 Å². The van der Waals surface area contributed by atoms with Crippen LogP contribution in [-0.2, 0) is 9.59 Å². The van der Waals surface area contributed by atoms with Gasteiger partial charge < -0.3 is 10.4 Å². The van der Waals surface area contributed by atoms with Crippen molar-refractivity contribution in [3.05, 3.63) is 12.2 Å². The summed E-state index contributed by atoms with van der Waals surface area (Å²) in [6, 6.07) is 0. The summed E-state index contributed by atoms with van der Waals surface area (Å²) in [6.45, 7) is 5.74. The van der Waals surface area contributed by atoms with E-state index in [0.717, 1.165) is 5.57 Å². The summed E-state index contributed by atoms with van der Waals surface area (Å²) in [6.07, 6.45) is 0.610. The normalized spacial score (nSPS) is 8.82. The average Bonchev–Trinajstić information content (AvgIpc) is 1.86. The second kappa shape index (κ2) is 4.49. The van der Waals surface area contributed by atoms with E-state index in [1.807, 2.05) is 6.92 Å². The molecule has 0 heterocycles. The van der Waals surface area contributed by atoms with Gasteiger partial charge >= 0.3 is 11.9 Å². The fourth-order valence-corrected chi connectivity index (χ4v) is 0.465. The Bertz CT molecular complexity index is 186. The van der Waals surface area contributed by atoms with Gasteiger partial charge in [0.05, 0.1) is 0 Å². The molecule has 0 spiro atoms. The molecule has 0 fully saturated rings. The number of carbonyl (C=O) groups is 2. The third kappa shape index (κ3) is 5.14. The Morgan fingerprint density at radius 1 is 1.55 bits per heavy atom. The molecule has 62 valence electrons. The van der Waals surface area contributed by atoms with E-state index in [4.69, 9.17) is 5.11 Å². The van der Waals surface area contributed by atoms with E-state index in [1.54, 1.807) is 0 Å². The molecule has 0 aromatic rings. The lowest BCUT2D eigenvalue weighted by molar-refractivity contribution is -0.150. The Morgan fingerprint density at radius 2 is 2.09 bits per heavy atom. The highest BCUT2D eigenvalue weighted by molar-refractivity contribution is 6.31. The summed E-state index contributed by atoms with van der Waals surface area (Å²) in [5, 5.41) is 10.3. The van der Waals surface area contributed by atoms with Gasteiger partial charge in [0.15, 0.2) is 0 Å². The Hall–Kier alpha value is -1.32. The van der Waals surface area contributed by atoms with Crippen molar-refractivity contribution in [3.63, 3.8) is 0 Å². The number of rotatable bonds is 3. The monoisotopic (exact) mass is 157 g/mol. The van der Waals surface area contributed by atoms with Gasteiger partial charge in [0, 0.05) is 6.54 Å². The molecule has 0 atom stereocenters. The first-order valence-electron chi connectivity index (χ1n) is 3.19. The van der Waals surface area contributed by atoms with Crippen LogP contribution in [-0.4, -0.2) is 23.5 Å². The number of hydrogen-bond donors (Lipinski definition) is 2. The van der Waals surface area contributed by atoms with Crippen LogP contribution in [0.3, 0.4) is 0 Å². The highest BCUT2D eigenvalue weighted by Crippen LogP contribution is 1.91. The van der Waals surface area contributed by atoms with Crippen LogP contribution >= 0.6 is 0 Å². The summed E-state index contributed by atoms with van der Waals surface area (Å²) in [7, 11) is 0. The minimum atomic E-state index is -1.45. The molecule has 2 N–H and O–H groups in total. The highest BCUT2D eigenvalue weighted by atomic mass is 16.4. The predicted octanol–water partition coefficient (Wildman–Crippen LogP) is 0.153. The van der Waals surface area contributed by atoms with Gasteiger partial charge in [-0.2, -0.15) is 0 Å². The standard InChI is InChI=1S/C7H11NO3/c1-5(2)3-4-8-6(9)7(10)11/h1,3-4H2,2H3,(H,8,9)(H,10,11). The van der Waals surface area contributed by atoms with E-state index in [9.17, 15) is 9.59 Å². The lowest BCUT2D eigenvalue weighted by Gasteiger charge is -1.99. The highest BCUT2D eigenvalue weighted by Gasteiger charge is 2.08. The number of carboxylic acid groups (broad SMARTS) is 1. The van der Waals surface area contributed by atoms with Gasteiger partial charge in [0.2, 0.25) is 0 Å². The zero-order chi connectivity index (χ0) is 8.85. The zero-order valence-electron chi connectivity index (χ0n) is 6.39. The molecule has 0 aliphatic carbocycles. The molecule has 0 aromatic carbocycles. The summed E-state index contributed by atoms with van der Waals surface area (Å²) in [4.78, 5) is 20.3. The maximum atomic E-state index is 10.4. The topological polar surface area (TPSA) is 66.4 Å². The number of carbonyl (C=O) groups excluding carboxylic acids is 1. The van der Waals surface area contributed by atoms with Crippen molar-refractivity contribution < 1.29 is 14.7 Å². The number of amides is 1. The molecule has 0 aromatic heterocycles. The number of carboxylic acids is 1. The first-order valence-corrected chi connectivity index (χ1v) is 3.19. The van der Waals surface area contributed by atoms with Gasteiger partial charge in [-0.05, 0) is 13.3 Å². The second-order valence-corrected chi connectivity index (χ2v) is 2.27. The van der Waals surface area contributed by atoms with Gasteiger partial charge in [-0.1, -0.05) is 5.57 Å². The maximum absolute atomic E-state index is 10.4. The summed E-state index contributed by atoms with van der Waals surface area (Å²) in [5.74, 6) is -2.42. The van der Waals surface area contributed by atoms with E-state index in [1.165, 1.54) is 0 Å². The molecule has 4 heteroatoms. The minimum Gasteiger partial charge on any atom is -0.474 e. The van der Waals surface area contributed by atoms with Crippen molar-refractivity contribution in [3.8, 4) is 0 Å². The molecular weight excluding hydrogens is 146 g/mol. The molecule has 0 aliphatic rings. The molecule has 0 unspecified atom stereocenters. The predicted molar refractivity (Wildman–Crippen MR) is 40.1 cm³/mol. The van der Waals surface area contributed by atoms with Crippen LogP contribution in [0.4, 0.5) is 0 Å². The Kier molecular flexibility index (Phi) is 3.95. The molecule has 11 heavy (non-hydrogen) atoms. The van der Waals surface area contributed by atoms with E-state index in [0.29, 0.717) is 13.0 Å². The summed E-state index contributed by atoms with van der Waals surface area (Å²) < 4.78 is 0. The van der Waals surface area contributed by atoms with E-state index in [2.05, 4.69) is 11.9 Å². The quantitative estimate of drug-likeness (QED) is 0.452. The van der Waals surface area contributed by atoms with E-state index < -0.39 is 11.9 Å². The largest absolute Gasteiger partial charge is 0.474 e. The van der Waals surface area contributed by atoms with Crippen molar-refractivity contribution in [1.82, 2.24) is 5.32 Å². The fourth-order valence-electron chi connectivity index (χ4n) is 0.465. The molecule has 0 aliphatic heterocycles. The Morgan fingerprint density at radius 3 is 2.45 bits per heavy atom. The lowest BCUT2D eigenvalue weighted by atomic mass is 10.2. The number of hydrogen-bond acceptors (Lipinski definition) is 2. The molecule has 0 saturated heterocycles. The molecule has 0 rings (SSSR count). The third-order valence-electron chi connectivity index (χ3n) is 1.03. The smallest absolute Gasteiger partial charge is 0.394 e. The molecular formula is C7H11NO3. The van der Waals surface area contributed by atoms with Crippen molar-refractivity contribution in [2.45, 2.75) is 13.3 Å². The summed E-state index contributed by atoms with van der Waals surface area (Å²) >= 11 is 0. The fraction of sp³-hybridized carbons (Fsp3) is 0.429. The van der Waals surface area contributed by atoms with Crippen LogP contribution in [0.2, 0.25) is 0 Å². The molecule has 4 nitrogen and oxygen atoms in total. The van der Waals surface area contributed by atoms with Crippen LogP contribution in [0.15, 0.2) is 12.2 Å². The Balaban J connectivity index is 3.47. The van der Waals surface area contributed by atoms with Crippen LogP contribution in [0, 0.1) is 0 Å². The number of nitrogens with one attached hydrogen (secondary N) is 1. The van der Waals surface area contributed by atoms with Crippen LogP contribution in [0.1, 0.15) is 13.3 Å². The van der Waals surface area contributed by atoms with Crippen LogP contribution in [0.25, 0.3) is 0 Å². The van der Waals surface area contributed by atoms with Gasteiger partial charge in [0.1, 0.15) is 0 Å². The van der Waals surface area contributed by atoms with Crippen molar-refractivity contribution in [2.24, 2.45) is 0 Å². The third-order valence-corrected chi connectivity index (χ3v) is 1.03. The maximum Gasteiger partial charge on any atom is 0.394 e. The van der Waals surface area contributed by atoms with Crippen molar-refractivity contribution in [1.29, 1.82) is 0 Å².